The fourth-order valence-corrected chi connectivity index (χ4v) is 1.95. The average Bonchev–Trinajstić information content (AvgIpc) is 2.39. The number of nitrogens with zero attached hydrogens (tertiary/aromatic N) is 2. The Hall–Kier alpha value is -1.74. The summed E-state index contributed by atoms with van der Waals surface area (Å²) in [5.74, 6) is 0.675. The van der Waals surface area contributed by atoms with Gasteiger partial charge in [-0.15, -0.1) is 0 Å². The minimum atomic E-state index is -0.678. The van der Waals surface area contributed by atoms with Crippen molar-refractivity contribution < 1.29 is 5.11 Å². The lowest BCUT2D eigenvalue weighted by Crippen LogP contribution is -2.04. The van der Waals surface area contributed by atoms with E-state index in [2.05, 4.69) is 29.0 Å². The van der Waals surface area contributed by atoms with Crippen molar-refractivity contribution in [3.05, 3.63) is 59.2 Å². The SMILES string of the molecule is CCCc1ccc(C(O)c2ccnc(C)n2)cc1. The summed E-state index contributed by atoms with van der Waals surface area (Å²) in [5.41, 5.74) is 2.81. The lowest BCUT2D eigenvalue weighted by molar-refractivity contribution is 0.215. The molecule has 2 aromatic rings. The van der Waals surface area contributed by atoms with Crippen LogP contribution < -0.4 is 0 Å². The largest absolute Gasteiger partial charge is 0.382 e. The summed E-state index contributed by atoms with van der Waals surface area (Å²) >= 11 is 0. The van der Waals surface area contributed by atoms with E-state index in [1.807, 2.05) is 19.1 Å². The van der Waals surface area contributed by atoms with Gasteiger partial charge in [0.1, 0.15) is 11.9 Å². The highest BCUT2D eigenvalue weighted by atomic mass is 16.3. The molecule has 18 heavy (non-hydrogen) atoms. The zero-order valence-corrected chi connectivity index (χ0v) is 10.8. The van der Waals surface area contributed by atoms with Gasteiger partial charge in [-0.25, -0.2) is 9.97 Å². The van der Waals surface area contributed by atoms with Crippen molar-refractivity contribution in [2.75, 3.05) is 0 Å². The zero-order chi connectivity index (χ0) is 13.0. The fraction of sp³-hybridized carbons (Fsp3) is 0.333. The molecule has 1 aromatic heterocycles. The third-order valence-electron chi connectivity index (χ3n) is 2.91. The quantitative estimate of drug-likeness (QED) is 0.896. The van der Waals surface area contributed by atoms with Crippen LogP contribution in [0.25, 0.3) is 0 Å². The lowest BCUT2D eigenvalue weighted by Gasteiger charge is -2.11. The Balaban J connectivity index is 2.20. The Morgan fingerprint density at radius 3 is 2.50 bits per heavy atom. The lowest BCUT2D eigenvalue weighted by atomic mass is 10.0. The molecule has 0 aliphatic carbocycles. The van der Waals surface area contributed by atoms with Crippen molar-refractivity contribution in [2.24, 2.45) is 0 Å². The summed E-state index contributed by atoms with van der Waals surface area (Å²) in [7, 11) is 0. The van der Waals surface area contributed by atoms with Crippen LogP contribution in [0.4, 0.5) is 0 Å². The van der Waals surface area contributed by atoms with Crippen molar-refractivity contribution in [1.82, 2.24) is 9.97 Å². The van der Waals surface area contributed by atoms with E-state index in [1.54, 1.807) is 12.3 Å². The number of aryl methyl sites for hydroxylation is 2. The van der Waals surface area contributed by atoms with E-state index in [-0.39, 0.29) is 0 Å². The molecule has 0 fully saturated rings. The van der Waals surface area contributed by atoms with Crippen molar-refractivity contribution in [1.29, 1.82) is 0 Å². The average molecular weight is 242 g/mol. The highest BCUT2D eigenvalue weighted by Crippen LogP contribution is 2.20. The van der Waals surface area contributed by atoms with Crippen LogP contribution in [0.3, 0.4) is 0 Å². The van der Waals surface area contributed by atoms with Crippen LogP contribution in [0.5, 0.6) is 0 Å². The van der Waals surface area contributed by atoms with Crippen molar-refractivity contribution >= 4 is 0 Å². The summed E-state index contributed by atoms with van der Waals surface area (Å²) in [5, 5.41) is 10.2. The van der Waals surface area contributed by atoms with Crippen molar-refractivity contribution in [2.45, 2.75) is 32.8 Å². The molecule has 94 valence electrons. The van der Waals surface area contributed by atoms with Gasteiger partial charge in [-0.1, -0.05) is 37.6 Å². The first-order valence-corrected chi connectivity index (χ1v) is 6.27. The van der Waals surface area contributed by atoms with E-state index in [0.29, 0.717) is 11.5 Å². The number of aromatic nitrogens is 2. The van der Waals surface area contributed by atoms with Gasteiger partial charge in [-0.3, -0.25) is 0 Å². The first-order chi connectivity index (χ1) is 8.70. The maximum absolute atomic E-state index is 10.2. The molecule has 0 radical (unpaired) electrons. The molecule has 3 heteroatoms. The summed E-state index contributed by atoms with van der Waals surface area (Å²) in [6.07, 6.45) is 3.20. The van der Waals surface area contributed by atoms with Gasteiger partial charge in [0.25, 0.3) is 0 Å². The summed E-state index contributed by atoms with van der Waals surface area (Å²) < 4.78 is 0. The highest BCUT2D eigenvalue weighted by molar-refractivity contribution is 5.28. The van der Waals surface area contributed by atoms with E-state index in [9.17, 15) is 5.11 Å². The van der Waals surface area contributed by atoms with Crippen LogP contribution in [0, 0.1) is 6.92 Å². The fourth-order valence-electron chi connectivity index (χ4n) is 1.95. The van der Waals surface area contributed by atoms with Crippen molar-refractivity contribution in [3.8, 4) is 0 Å². The summed E-state index contributed by atoms with van der Waals surface area (Å²) in [6.45, 7) is 3.98. The Bertz CT molecular complexity index is 508. The zero-order valence-electron chi connectivity index (χ0n) is 10.8. The van der Waals surface area contributed by atoms with Crippen LogP contribution in [-0.2, 0) is 6.42 Å². The Kier molecular flexibility index (Phi) is 4.05. The third-order valence-corrected chi connectivity index (χ3v) is 2.91. The van der Waals surface area contributed by atoms with E-state index in [4.69, 9.17) is 0 Å². The molecular formula is C15H18N2O. The number of hydrogen-bond donors (Lipinski definition) is 1. The molecule has 0 spiro atoms. The van der Waals surface area contributed by atoms with E-state index < -0.39 is 6.10 Å². The molecule has 1 atom stereocenters. The molecule has 2 rings (SSSR count). The predicted octanol–water partition coefficient (Wildman–Crippen LogP) is 2.82. The Labute approximate surface area is 108 Å². The molecule has 3 nitrogen and oxygen atoms in total. The molecular weight excluding hydrogens is 224 g/mol. The first kappa shape index (κ1) is 12.7. The molecule has 1 unspecified atom stereocenters. The maximum atomic E-state index is 10.2. The van der Waals surface area contributed by atoms with Gasteiger partial charge in [0.15, 0.2) is 0 Å². The van der Waals surface area contributed by atoms with Gasteiger partial charge in [-0.05, 0) is 30.5 Å². The van der Waals surface area contributed by atoms with Crippen LogP contribution in [0.15, 0.2) is 36.5 Å². The first-order valence-electron chi connectivity index (χ1n) is 6.27. The minimum Gasteiger partial charge on any atom is -0.382 e. The van der Waals surface area contributed by atoms with Gasteiger partial charge in [0.05, 0.1) is 5.69 Å². The van der Waals surface area contributed by atoms with Crippen molar-refractivity contribution in [3.63, 3.8) is 0 Å². The van der Waals surface area contributed by atoms with Crippen LogP contribution >= 0.6 is 0 Å². The van der Waals surface area contributed by atoms with E-state index >= 15 is 0 Å². The number of hydrogen-bond acceptors (Lipinski definition) is 3. The monoisotopic (exact) mass is 242 g/mol. The number of rotatable bonds is 4. The molecule has 0 saturated carbocycles. The second kappa shape index (κ2) is 5.74. The third kappa shape index (κ3) is 2.93. The Morgan fingerprint density at radius 2 is 1.89 bits per heavy atom. The van der Waals surface area contributed by atoms with E-state index in [1.165, 1.54) is 5.56 Å². The summed E-state index contributed by atoms with van der Waals surface area (Å²) in [4.78, 5) is 8.28. The number of aliphatic hydroxyl groups excluding tert-OH is 1. The van der Waals surface area contributed by atoms with E-state index in [0.717, 1.165) is 18.4 Å². The molecule has 0 aliphatic heterocycles. The number of aliphatic hydroxyl groups is 1. The number of benzene rings is 1. The smallest absolute Gasteiger partial charge is 0.125 e. The summed E-state index contributed by atoms with van der Waals surface area (Å²) in [6, 6.07) is 9.81. The second-order valence-corrected chi connectivity index (χ2v) is 4.42. The molecule has 0 bridgehead atoms. The van der Waals surface area contributed by atoms with Gasteiger partial charge in [0, 0.05) is 6.20 Å². The standard InChI is InChI=1S/C15H18N2O/c1-3-4-12-5-7-13(8-6-12)15(18)14-9-10-16-11(2)17-14/h5-10,15,18H,3-4H2,1-2H3. The molecule has 1 N–H and O–H groups in total. The molecule has 1 aromatic carbocycles. The Morgan fingerprint density at radius 1 is 1.17 bits per heavy atom. The predicted molar refractivity (Wildman–Crippen MR) is 71.3 cm³/mol. The highest BCUT2D eigenvalue weighted by Gasteiger charge is 2.11. The van der Waals surface area contributed by atoms with Crippen LogP contribution in [0.2, 0.25) is 0 Å². The second-order valence-electron chi connectivity index (χ2n) is 4.42. The maximum Gasteiger partial charge on any atom is 0.125 e. The van der Waals surface area contributed by atoms with Gasteiger partial charge in [0.2, 0.25) is 0 Å². The van der Waals surface area contributed by atoms with Gasteiger partial charge in [-0.2, -0.15) is 0 Å². The normalized spacial score (nSPS) is 12.4. The molecule has 1 heterocycles. The van der Waals surface area contributed by atoms with Gasteiger partial charge < -0.3 is 5.11 Å². The molecule has 0 amide bonds. The topological polar surface area (TPSA) is 46.0 Å². The molecule has 0 aliphatic rings. The minimum absolute atomic E-state index is 0.644. The van der Waals surface area contributed by atoms with Gasteiger partial charge >= 0.3 is 0 Å². The van der Waals surface area contributed by atoms with Crippen LogP contribution in [0.1, 0.15) is 42.1 Å². The molecule has 0 saturated heterocycles. The van der Waals surface area contributed by atoms with Crippen LogP contribution in [-0.4, -0.2) is 15.1 Å².